The number of anilines is 1. The Bertz CT molecular complexity index is 453. The summed E-state index contributed by atoms with van der Waals surface area (Å²) < 4.78 is 5.49. The minimum atomic E-state index is -0.459. The van der Waals surface area contributed by atoms with E-state index in [0.29, 0.717) is 5.25 Å². The molecule has 0 aromatic heterocycles. The van der Waals surface area contributed by atoms with Crippen molar-refractivity contribution in [2.45, 2.75) is 30.5 Å². The van der Waals surface area contributed by atoms with Crippen LogP contribution in [0, 0.1) is 10.1 Å². The molecule has 6 heteroatoms. The molecule has 1 aliphatic heterocycles. The fraction of sp³-hybridized carbons (Fsp3) is 0.500. The van der Waals surface area contributed by atoms with Gasteiger partial charge in [0.15, 0.2) is 0 Å². The zero-order valence-electron chi connectivity index (χ0n) is 10.2. The monoisotopic (exact) mass is 268 g/mol. The van der Waals surface area contributed by atoms with Gasteiger partial charge < -0.3 is 10.5 Å². The number of nitrogens with zero attached hydrogens (tertiary/aromatic N) is 1. The first-order valence-corrected chi connectivity index (χ1v) is 6.89. The lowest BCUT2D eigenvalue weighted by molar-refractivity contribution is -0.383. The van der Waals surface area contributed by atoms with Crippen LogP contribution in [0.3, 0.4) is 0 Å². The number of ether oxygens (including phenoxy) is 1. The summed E-state index contributed by atoms with van der Waals surface area (Å²) in [4.78, 5) is 10.2. The van der Waals surface area contributed by atoms with E-state index in [4.69, 9.17) is 10.5 Å². The van der Waals surface area contributed by atoms with E-state index in [0.717, 1.165) is 24.3 Å². The zero-order chi connectivity index (χ0) is 13.1. The third-order valence-electron chi connectivity index (χ3n) is 3.06. The van der Waals surface area contributed by atoms with Crippen LogP contribution in [-0.4, -0.2) is 22.9 Å². The minimum Gasteiger partial charge on any atom is -0.393 e. The fourth-order valence-corrected chi connectivity index (χ4v) is 3.19. The van der Waals surface area contributed by atoms with E-state index >= 15 is 0 Å². The molecule has 1 saturated heterocycles. The molecule has 2 N–H and O–H groups in total. The number of benzene rings is 1. The second-order valence-corrected chi connectivity index (χ2v) is 5.59. The Morgan fingerprint density at radius 1 is 1.61 bits per heavy atom. The molecule has 1 aliphatic rings. The van der Waals surface area contributed by atoms with Crippen molar-refractivity contribution in [3.63, 3.8) is 0 Å². The van der Waals surface area contributed by atoms with Crippen molar-refractivity contribution < 1.29 is 9.66 Å². The molecule has 18 heavy (non-hydrogen) atoms. The summed E-state index contributed by atoms with van der Waals surface area (Å²) in [5, 5.41) is 11.1. The number of hydrogen-bond donors (Lipinski definition) is 1. The van der Waals surface area contributed by atoms with Crippen LogP contribution in [0.15, 0.2) is 18.2 Å². The predicted molar refractivity (Wildman–Crippen MR) is 72.6 cm³/mol. The fourth-order valence-electron chi connectivity index (χ4n) is 1.99. The van der Waals surface area contributed by atoms with Crippen molar-refractivity contribution >= 4 is 23.1 Å². The first-order chi connectivity index (χ1) is 8.58. The van der Waals surface area contributed by atoms with Crippen molar-refractivity contribution in [3.8, 4) is 0 Å². The molecule has 98 valence electrons. The summed E-state index contributed by atoms with van der Waals surface area (Å²) >= 11 is 1.82. The van der Waals surface area contributed by atoms with E-state index in [-0.39, 0.29) is 17.5 Å². The van der Waals surface area contributed by atoms with E-state index in [1.165, 1.54) is 6.07 Å². The quantitative estimate of drug-likeness (QED) is 0.516. The summed E-state index contributed by atoms with van der Waals surface area (Å²) in [6, 6.07) is 4.92. The first kappa shape index (κ1) is 13.2. The smallest absolute Gasteiger partial charge is 0.292 e. The lowest BCUT2D eigenvalue weighted by Gasteiger charge is -2.13. The van der Waals surface area contributed by atoms with Gasteiger partial charge in [-0.15, -0.1) is 0 Å². The number of thioether (sulfide) groups is 1. The molecule has 1 fully saturated rings. The highest BCUT2D eigenvalue weighted by Gasteiger charge is 2.24. The molecule has 2 atom stereocenters. The predicted octanol–water partition coefficient (Wildman–Crippen LogP) is 2.59. The topological polar surface area (TPSA) is 78.4 Å². The van der Waals surface area contributed by atoms with E-state index in [1.54, 1.807) is 12.1 Å². The third kappa shape index (κ3) is 2.94. The van der Waals surface area contributed by atoms with Gasteiger partial charge in [-0.3, -0.25) is 10.1 Å². The summed E-state index contributed by atoms with van der Waals surface area (Å²) in [7, 11) is 0. The molecule has 1 aromatic rings. The molecule has 2 rings (SSSR count). The SMILES string of the molecule is CC1OCCC1SCc1ccc([N+](=O)[O-])c(N)c1. The van der Waals surface area contributed by atoms with Gasteiger partial charge in [0, 0.05) is 23.7 Å². The molecule has 0 spiro atoms. The Labute approximate surface area is 110 Å². The van der Waals surface area contributed by atoms with Crippen LogP contribution in [0.1, 0.15) is 18.9 Å². The molecular weight excluding hydrogens is 252 g/mol. The molecule has 0 aliphatic carbocycles. The van der Waals surface area contributed by atoms with E-state index < -0.39 is 4.92 Å². The highest BCUT2D eigenvalue weighted by Crippen LogP contribution is 2.30. The number of hydrogen-bond acceptors (Lipinski definition) is 5. The van der Waals surface area contributed by atoms with Gasteiger partial charge >= 0.3 is 0 Å². The zero-order valence-corrected chi connectivity index (χ0v) is 11.0. The Morgan fingerprint density at radius 2 is 2.39 bits per heavy atom. The van der Waals surface area contributed by atoms with Gasteiger partial charge in [-0.25, -0.2) is 0 Å². The van der Waals surface area contributed by atoms with Gasteiger partial charge in [-0.05, 0) is 25.0 Å². The second kappa shape index (κ2) is 5.58. The van der Waals surface area contributed by atoms with Gasteiger partial charge in [0.2, 0.25) is 0 Å². The first-order valence-electron chi connectivity index (χ1n) is 5.84. The van der Waals surface area contributed by atoms with E-state index in [9.17, 15) is 10.1 Å². The van der Waals surface area contributed by atoms with Crippen LogP contribution in [-0.2, 0) is 10.5 Å². The van der Waals surface area contributed by atoms with Crippen molar-refractivity contribution in [1.82, 2.24) is 0 Å². The van der Waals surface area contributed by atoms with Crippen molar-refractivity contribution in [2.75, 3.05) is 12.3 Å². The van der Waals surface area contributed by atoms with Gasteiger partial charge in [-0.1, -0.05) is 6.07 Å². The minimum absolute atomic E-state index is 0.0266. The highest BCUT2D eigenvalue weighted by atomic mass is 32.2. The summed E-state index contributed by atoms with van der Waals surface area (Å²) in [5.41, 5.74) is 6.88. The lowest BCUT2D eigenvalue weighted by Crippen LogP contribution is -2.13. The maximum absolute atomic E-state index is 10.6. The Morgan fingerprint density at radius 3 is 2.94 bits per heavy atom. The normalized spacial score (nSPS) is 23.2. The van der Waals surface area contributed by atoms with Crippen molar-refractivity contribution in [3.05, 3.63) is 33.9 Å². The summed E-state index contributed by atoms with van der Waals surface area (Å²) in [5.74, 6) is 0.806. The van der Waals surface area contributed by atoms with Crippen LogP contribution >= 0.6 is 11.8 Å². The molecular formula is C12H16N2O3S. The number of nitro groups is 1. The van der Waals surface area contributed by atoms with Crippen molar-refractivity contribution in [2.24, 2.45) is 0 Å². The maximum Gasteiger partial charge on any atom is 0.292 e. The Kier molecular flexibility index (Phi) is 4.08. The Balaban J connectivity index is 1.98. The van der Waals surface area contributed by atoms with Gasteiger partial charge in [0.25, 0.3) is 5.69 Å². The van der Waals surface area contributed by atoms with Crippen LogP contribution in [0.5, 0.6) is 0 Å². The summed E-state index contributed by atoms with van der Waals surface area (Å²) in [6.07, 6.45) is 1.35. The molecule has 0 radical (unpaired) electrons. The van der Waals surface area contributed by atoms with Crippen molar-refractivity contribution in [1.29, 1.82) is 0 Å². The summed E-state index contributed by atoms with van der Waals surface area (Å²) in [6.45, 7) is 2.90. The Hall–Kier alpha value is -1.27. The molecule has 0 amide bonds. The lowest BCUT2D eigenvalue weighted by atomic mass is 10.2. The van der Waals surface area contributed by atoms with E-state index in [2.05, 4.69) is 6.92 Å². The highest BCUT2D eigenvalue weighted by molar-refractivity contribution is 7.99. The number of nitrogen functional groups attached to an aromatic ring is 1. The number of nitrogens with two attached hydrogens (primary N) is 1. The molecule has 0 bridgehead atoms. The van der Waals surface area contributed by atoms with Crippen LogP contribution < -0.4 is 5.73 Å². The second-order valence-electron chi connectivity index (χ2n) is 4.36. The molecule has 1 aromatic carbocycles. The van der Waals surface area contributed by atoms with Gasteiger partial charge in [0.05, 0.1) is 11.0 Å². The molecule has 5 nitrogen and oxygen atoms in total. The largest absolute Gasteiger partial charge is 0.393 e. The van der Waals surface area contributed by atoms with Crippen LogP contribution in [0.4, 0.5) is 11.4 Å². The molecule has 1 heterocycles. The van der Waals surface area contributed by atoms with E-state index in [1.807, 2.05) is 11.8 Å². The average Bonchev–Trinajstić information content (AvgIpc) is 2.72. The van der Waals surface area contributed by atoms with Crippen LogP contribution in [0.2, 0.25) is 0 Å². The number of rotatable bonds is 4. The average molecular weight is 268 g/mol. The van der Waals surface area contributed by atoms with Gasteiger partial charge in [0.1, 0.15) is 5.69 Å². The number of nitro benzene ring substituents is 1. The molecule has 0 saturated carbocycles. The molecule has 2 unspecified atom stereocenters. The standard InChI is InChI=1S/C12H16N2O3S/c1-8-12(4-5-17-8)18-7-9-2-3-11(14(15)16)10(13)6-9/h2-3,6,8,12H,4-5,7,13H2,1H3. The van der Waals surface area contributed by atoms with Gasteiger partial charge in [-0.2, -0.15) is 11.8 Å². The maximum atomic E-state index is 10.6. The van der Waals surface area contributed by atoms with Crippen LogP contribution in [0.25, 0.3) is 0 Å². The third-order valence-corrected chi connectivity index (χ3v) is 4.61.